The summed E-state index contributed by atoms with van der Waals surface area (Å²) < 4.78 is 9.99. The lowest BCUT2D eigenvalue weighted by Gasteiger charge is -2.20. The van der Waals surface area contributed by atoms with Crippen LogP contribution in [0.3, 0.4) is 0 Å². The smallest absolute Gasteiger partial charge is 0.338 e. The number of amides is 1. The van der Waals surface area contributed by atoms with Gasteiger partial charge in [0.1, 0.15) is 5.69 Å². The van der Waals surface area contributed by atoms with Crippen LogP contribution in [-0.4, -0.2) is 43.7 Å². The van der Waals surface area contributed by atoms with E-state index < -0.39 is 23.4 Å². The molecular weight excluding hydrogens is 426 g/mol. The second kappa shape index (κ2) is 11.4. The average Bonchev–Trinajstić information content (AvgIpc) is 2.82. The molecule has 3 rings (SSSR count). The van der Waals surface area contributed by atoms with Crippen molar-refractivity contribution in [3.8, 4) is 0 Å². The average molecular weight is 456 g/mol. The summed E-state index contributed by atoms with van der Waals surface area (Å²) in [5.41, 5.74) is 3.70. The third-order valence-corrected chi connectivity index (χ3v) is 5.64. The second-order valence-electron chi connectivity index (χ2n) is 8.01. The molecule has 0 radical (unpaired) electrons. The highest BCUT2D eigenvalue weighted by Gasteiger charge is 2.20. The van der Waals surface area contributed by atoms with Crippen LogP contribution in [0.4, 0.5) is 11.4 Å². The number of nitro groups is 1. The van der Waals surface area contributed by atoms with E-state index in [4.69, 9.17) is 9.47 Å². The van der Waals surface area contributed by atoms with Gasteiger partial charge in [0.05, 0.1) is 23.1 Å². The van der Waals surface area contributed by atoms with E-state index in [0.717, 1.165) is 24.5 Å². The van der Waals surface area contributed by atoms with Gasteiger partial charge in [-0.25, -0.2) is 4.79 Å². The predicted octanol–water partition coefficient (Wildman–Crippen LogP) is 3.57. The third kappa shape index (κ3) is 6.52. The predicted molar refractivity (Wildman–Crippen MR) is 123 cm³/mol. The number of carbonyl (C=O) groups is 2. The lowest BCUT2D eigenvalue weighted by atomic mass is 9.89. The van der Waals surface area contributed by atoms with E-state index in [0.29, 0.717) is 13.2 Å². The summed E-state index contributed by atoms with van der Waals surface area (Å²) in [5.74, 6) is -1.25. The Balaban J connectivity index is 1.56. The lowest BCUT2D eigenvalue weighted by molar-refractivity contribution is -0.384. The van der Waals surface area contributed by atoms with Gasteiger partial charge in [-0.3, -0.25) is 14.9 Å². The molecule has 0 aromatic heterocycles. The van der Waals surface area contributed by atoms with Crippen molar-refractivity contribution in [3.05, 3.63) is 68.8 Å². The number of aryl methyl sites for hydroxylation is 2. The summed E-state index contributed by atoms with van der Waals surface area (Å²) in [5, 5.41) is 17.1. The molecule has 0 saturated heterocycles. The van der Waals surface area contributed by atoms with Crippen LogP contribution in [0.2, 0.25) is 0 Å². The minimum atomic E-state index is -0.807. The van der Waals surface area contributed by atoms with Crippen molar-refractivity contribution in [1.82, 2.24) is 5.32 Å². The van der Waals surface area contributed by atoms with Gasteiger partial charge < -0.3 is 20.1 Å². The van der Waals surface area contributed by atoms with Crippen molar-refractivity contribution in [2.45, 2.75) is 38.6 Å². The van der Waals surface area contributed by atoms with Gasteiger partial charge in [-0.05, 0) is 61.4 Å². The molecule has 1 atom stereocenters. The summed E-state index contributed by atoms with van der Waals surface area (Å²) in [7, 11) is 1.53. The SMILES string of the molecule is COCCNc1ccc(C(=O)OCC(=O)NC(C)c2ccc3c(c2)CCCC3)cc1[N+](=O)[O-]. The normalized spacial score (nSPS) is 13.5. The summed E-state index contributed by atoms with van der Waals surface area (Å²) in [4.78, 5) is 35.4. The van der Waals surface area contributed by atoms with Crippen molar-refractivity contribution in [2.75, 3.05) is 32.2 Å². The fourth-order valence-electron chi connectivity index (χ4n) is 3.85. The Morgan fingerprint density at radius 1 is 1.12 bits per heavy atom. The summed E-state index contributed by atoms with van der Waals surface area (Å²) in [6.07, 6.45) is 4.53. The molecule has 1 unspecified atom stereocenters. The number of nitrogens with one attached hydrogen (secondary N) is 2. The number of hydrogen-bond donors (Lipinski definition) is 2. The van der Waals surface area contributed by atoms with Crippen LogP contribution in [0.15, 0.2) is 36.4 Å². The highest BCUT2D eigenvalue weighted by atomic mass is 16.6. The molecule has 0 aliphatic heterocycles. The first kappa shape index (κ1) is 24.2. The Morgan fingerprint density at radius 3 is 2.61 bits per heavy atom. The van der Waals surface area contributed by atoms with Gasteiger partial charge in [-0.15, -0.1) is 0 Å². The molecule has 176 valence electrons. The van der Waals surface area contributed by atoms with E-state index in [2.05, 4.69) is 22.8 Å². The Bertz CT molecular complexity index is 1020. The number of rotatable bonds is 10. The minimum Gasteiger partial charge on any atom is -0.452 e. The number of carbonyl (C=O) groups excluding carboxylic acids is 2. The molecule has 0 spiro atoms. The number of ether oxygens (including phenoxy) is 2. The quantitative estimate of drug-likeness (QED) is 0.243. The Morgan fingerprint density at radius 2 is 1.88 bits per heavy atom. The zero-order chi connectivity index (χ0) is 23.8. The number of anilines is 1. The van der Waals surface area contributed by atoms with Gasteiger partial charge >= 0.3 is 5.97 Å². The maximum absolute atomic E-state index is 12.3. The highest BCUT2D eigenvalue weighted by molar-refractivity contribution is 5.93. The third-order valence-electron chi connectivity index (χ3n) is 5.64. The zero-order valence-electron chi connectivity index (χ0n) is 18.9. The van der Waals surface area contributed by atoms with Crippen molar-refractivity contribution in [2.24, 2.45) is 0 Å². The van der Waals surface area contributed by atoms with E-state index in [9.17, 15) is 19.7 Å². The Labute approximate surface area is 192 Å². The fraction of sp³-hybridized carbons (Fsp3) is 0.417. The van der Waals surface area contributed by atoms with Crippen LogP contribution < -0.4 is 10.6 Å². The second-order valence-corrected chi connectivity index (χ2v) is 8.01. The van der Waals surface area contributed by atoms with Gasteiger partial charge in [0.25, 0.3) is 11.6 Å². The van der Waals surface area contributed by atoms with E-state index in [1.54, 1.807) is 0 Å². The number of nitrogens with zero attached hydrogens (tertiary/aromatic N) is 1. The van der Waals surface area contributed by atoms with E-state index in [1.807, 2.05) is 13.0 Å². The van der Waals surface area contributed by atoms with Gasteiger partial charge in [-0.2, -0.15) is 0 Å². The van der Waals surface area contributed by atoms with Crippen LogP contribution in [0, 0.1) is 10.1 Å². The number of hydrogen-bond acceptors (Lipinski definition) is 7. The number of fused-ring (bicyclic) bond motifs is 1. The molecule has 2 aromatic rings. The van der Waals surface area contributed by atoms with Crippen LogP contribution >= 0.6 is 0 Å². The van der Waals surface area contributed by atoms with Crippen molar-refractivity contribution in [1.29, 1.82) is 0 Å². The minimum absolute atomic E-state index is 0.00507. The van der Waals surface area contributed by atoms with Crippen LogP contribution in [0.5, 0.6) is 0 Å². The summed E-state index contributed by atoms with van der Waals surface area (Å²) in [6, 6.07) is 10.0. The van der Waals surface area contributed by atoms with Crippen LogP contribution in [0.1, 0.15) is 52.9 Å². The highest BCUT2D eigenvalue weighted by Crippen LogP contribution is 2.26. The first-order valence-electron chi connectivity index (χ1n) is 11.0. The standard InChI is InChI=1S/C24H29N3O6/c1-16(18-8-7-17-5-3-4-6-19(17)13-18)26-23(28)15-33-24(29)20-9-10-21(25-11-12-32-2)22(14-20)27(30)31/h7-10,13-14,16,25H,3-6,11-12,15H2,1-2H3,(H,26,28). The van der Waals surface area contributed by atoms with Gasteiger partial charge in [0.15, 0.2) is 6.61 Å². The fourth-order valence-corrected chi connectivity index (χ4v) is 3.85. The topological polar surface area (TPSA) is 120 Å². The summed E-state index contributed by atoms with van der Waals surface area (Å²) in [6.45, 7) is 2.16. The van der Waals surface area contributed by atoms with Gasteiger partial charge in [0.2, 0.25) is 0 Å². The Hall–Kier alpha value is -3.46. The van der Waals surface area contributed by atoms with Gasteiger partial charge in [0, 0.05) is 19.7 Å². The molecule has 0 bridgehead atoms. The molecule has 9 heteroatoms. The van der Waals surface area contributed by atoms with Crippen LogP contribution in [0.25, 0.3) is 0 Å². The van der Waals surface area contributed by atoms with Crippen molar-refractivity contribution < 1.29 is 24.0 Å². The van der Waals surface area contributed by atoms with E-state index >= 15 is 0 Å². The number of benzene rings is 2. The lowest BCUT2D eigenvalue weighted by Crippen LogP contribution is -2.31. The molecule has 1 aliphatic carbocycles. The molecule has 9 nitrogen and oxygen atoms in total. The number of esters is 1. The van der Waals surface area contributed by atoms with Crippen molar-refractivity contribution >= 4 is 23.3 Å². The zero-order valence-corrected chi connectivity index (χ0v) is 18.9. The van der Waals surface area contributed by atoms with Crippen LogP contribution in [-0.2, 0) is 27.1 Å². The maximum atomic E-state index is 12.3. The Kier molecular flexibility index (Phi) is 8.37. The molecule has 1 aliphatic rings. The van der Waals surface area contributed by atoms with E-state index in [1.165, 1.54) is 43.2 Å². The largest absolute Gasteiger partial charge is 0.452 e. The number of methoxy groups -OCH3 is 1. The molecule has 2 aromatic carbocycles. The molecule has 2 N–H and O–H groups in total. The number of nitro benzene ring substituents is 1. The monoisotopic (exact) mass is 455 g/mol. The molecule has 1 amide bonds. The molecular formula is C24H29N3O6. The molecule has 0 saturated carbocycles. The van der Waals surface area contributed by atoms with Gasteiger partial charge in [-0.1, -0.05) is 18.2 Å². The van der Waals surface area contributed by atoms with E-state index in [-0.39, 0.29) is 23.0 Å². The molecule has 0 heterocycles. The summed E-state index contributed by atoms with van der Waals surface area (Å²) >= 11 is 0. The first-order chi connectivity index (χ1) is 15.9. The molecule has 33 heavy (non-hydrogen) atoms. The molecule has 0 fully saturated rings. The first-order valence-corrected chi connectivity index (χ1v) is 11.0. The van der Waals surface area contributed by atoms with Crippen molar-refractivity contribution in [3.63, 3.8) is 0 Å². The maximum Gasteiger partial charge on any atom is 0.338 e.